The van der Waals surface area contributed by atoms with E-state index in [0.717, 1.165) is 25.7 Å². The van der Waals surface area contributed by atoms with Crippen LogP contribution in [0, 0.1) is 0 Å². The van der Waals surface area contributed by atoms with E-state index < -0.39 is 11.5 Å². The van der Waals surface area contributed by atoms with Crippen molar-refractivity contribution in [2.45, 2.75) is 31.8 Å². The van der Waals surface area contributed by atoms with Crippen LogP contribution in [-0.2, 0) is 4.84 Å². The first-order valence-corrected chi connectivity index (χ1v) is 6.68. The number of rotatable bonds is 3. The highest BCUT2D eigenvalue weighted by molar-refractivity contribution is 5.92. The number of nitrogens with one attached hydrogen (secondary N) is 1. The molecule has 0 spiro atoms. The molecule has 0 bridgehead atoms. The molecule has 6 nitrogen and oxygen atoms in total. The van der Waals surface area contributed by atoms with E-state index in [9.17, 15) is 9.59 Å². The van der Waals surface area contributed by atoms with Gasteiger partial charge in [-0.15, -0.1) is 0 Å². The Kier molecular flexibility index (Phi) is 3.47. The van der Waals surface area contributed by atoms with Crippen molar-refractivity contribution in [1.82, 2.24) is 14.9 Å². The number of amides is 1. The first-order valence-electron chi connectivity index (χ1n) is 6.68. The van der Waals surface area contributed by atoms with E-state index in [-0.39, 0.29) is 11.7 Å². The summed E-state index contributed by atoms with van der Waals surface area (Å²) in [5.41, 5.74) is 2.44. The molecule has 0 radical (unpaired) electrons. The SMILES string of the molecule is O=C(NOC1CCCC1)c1cnc2ccccn2c1=O. The topological polar surface area (TPSA) is 72.7 Å². The van der Waals surface area contributed by atoms with Gasteiger partial charge in [-0.25, -0.2) is 10.5 Å². The highest BCUT2D eigenvalue weighted by atomic mass is 16.7. The van der Waals surface area contributed by atoms with Crippen molar-refractivity contribution in [1.29, 1.82) is 0 Å². The van der Waals surface area contributed by atoms with Crippen molar-refractivity contribution < 1.29 is 9.63 Å². The molecular formula is C14H15N3O3. The van der Waals surface area contributed by atoms with Gasteiger partial charge in [0.25, 0.3) is 11.5 Å². The normalized spacial score (nSPS) is 15.6. The summed E-state index contributed by atoms with van der Waals surface area (Å²) in [6, 6.07) is 5.20. The van der Waals surface area contributed by atoms with Gasteiger partial charge in [0.2, 0.25) is 0 Å². The summed E-state index contributed by atoms with van der Waals surface area (Å²) in [5.74, 6) is -0.548. The second kappa shape index (κ2) is 5.42. The van der Waals surface area contributed by atoms with Gasteiger partial charge in [-0.1, -0.05) is 18.9 Å². The lowest BCUT2D eigenvalue weighted by Crippen LogP contribution is -2.33. The summed E-state index contributed by atoms with van der Waals surface area (Å²) in [6.45, 7) is 0. The zero-order valence-corrected chi connectivity index (χ0v) is 10.9. The second-order valence-corrected chi connectivity index (χ2v) is 4.86. The molecule has 2 heterocycles. The van der Waals surface area contributed by atoms with Crippen LogP contribution in [0.2, 0.25) is 0 Å². The summed E-state index contributed by atoms with van der Waals surface area (Å²) in [7, 11) is 0. The summed E-state index contributed by atoms with van der Waals surface area (Å²) < 4.78 is 1.34. The van der Waals surface area contributed by atoms with Crippen LogP contribution in [0.15, 0.2) is 35.4 Å². The maximum absolute atomic E-state index is 12.2. The predicted octanol–water partition coefficient (Wildman–Crippen LogP) is 1.30. The number of carbonyl (C=O) groups excluding carboxylic acids is 1. The molecule has 1 amide bonds. The van der Waals surface area contributed by atoms with Crippen LogP contribution in [0.3, 0.4) is 0 Å². The van der Waals surface area contributed by atoms with Crippen molar-refractivity contribution in [2.24, 2.45) is 0 Å². The molecule has 1 aliphatic rings. The lowest BCUT2D eigenvalue weighted by Gasteiger charge is -2.11. The Balaban J connectivity index is 1.80. The number of hydrogen-bond donors (Lipinski definition) is 1. The van der Waals surface area contributed by atoms with Crippen molar-refractivity contribution in [3.05, 3.63) is 46.5 Å². The van der Waals surface area contributed by atoms with Gasteiger partial charge >= 0.3 is 0 Å². The zero-order valence-electron chi connectivity index (χ0n) is 10.9. The number of aromatic nitrogens is 2. The second-order valence-electron chi connectivity index (χ2n) is 4.86. The van der Waals surface area contributed by atoms with Crippen molar-refractivity contribution >= 4 is 11.6 Å². The molecule has 0 saturated heterocycles. The Bertz CT molecular complexity index is 689. The van der Waals surface area contributed by atoms with E-state index in [1.54, 1.807) is 24.4 Å². The predicted molar refractivity (Wildman–Crippen MR) is 72.3 cm³/mol. The Labute approximate surface area is 115 Å². The molecule has 1 saturated carbocycles. The highest BCUT2D eigenvalue weighted by Crippen LogP contribution is 2.19. The van der Waals surface area contributed by atoms with Gasteiger partial charge < -0.3 is 0 Å². The molecule has 6 heteroatoms. The Morgan fingerprint density at radius 2 is 2.15 bits per heavy atom. The number of hydrogen-bond acceptors (Lipinski definition) is 4. The maximum Gasteiger partial charge on any atom is 0.282 e. The van der Waals surface area contributed by atoms with Crippen LogP contribution in [0.1, 0.15) is 36.0 Å². The molecule has 1 fully saturated rings. The summed E-state index contributed by atoms with van der Waals surface area (Å²) in [4.78, 5) is 33.5. The Morgan fingerprint density at radius 1 is 1.35 bits per heavy atom. The fraction of sp³-hybridized carbons (Fsp3) is 0.357. The minimum atomic E-state index is -0.548. The van der Waals surface area contributed by atoms with Gasteiger partial charge in [0, 0.05) is 12.4 Å². The van der Waals surface area contributed by atoms with Crippen LogP contribution in [-0.4, -0.2) is 21.4 Å². The third kappa shape index (κ3) is 2.42. The third-order valence-corrected chi connectivity index (χ3v) is 3.48. The first kappa shape index (κ1) is 12.8. The third-order valence-electron chi connectivity index (χ3n) is 3.48. The van der Waals surface area contributed by atoms with Crippen molar-refractivity contribution in [3.63, 3.8) is 0 Å². The lowest BCUT2D eigenvalue weighted by atomic mass is 10.3. The van der Waals surface area contributed by atoms with Crippen LogP contribution in [0.4, 0.5) is 0 Å². The van der Waals surface area contributed by atoms with Crippen LogP contribution >= 0.6 is 0 Å². The monoisotopic (exact) mass is 273 g/mol. The van der Waals surface area contributed by atoms with Crippen molar-refractivity contribution in [2.75, 3.05) is 0 Å². The van der Waals surface area contributed by atoms with Crippen LogP contribution < -0.4 is 11.0 Å². The fourth-order valence-electron chi connectivity index (χ4n) is 2.38. The van der Waals surface area contributed by atoms with Crippen LogP contribution in [0.25, 0.3) is 5.65 Å². The molecule has 20 heavy (non-hydrogen) atoms. The number of pyridine rings is 1. The largest absolute Gasteiger partial charge is 0.282 e. The van der Waals surface area contributed by atoms with Gasteiger partial charge in [0.1, 0.15) is 11.2 Å². The zero-order chi connectivity index (χ0) is 13.9. The Morgan fingerprint density at radius 3 is 2.95 bits per heavy atom. The molecule has 0 unspecified atom stereocenters. The molecule has 104 valence electrons. The number of nitrogens with zero attached hydrogens (tertiary/aromatic N) is 2. The van der Waals surface area contributed by atoms with E-state index in [4.69, 9.17) is 4.84 Å². The summed E-state index contributed by atoms with van der Waals surface area (Å²) in [6.07, 6.45) is 7.02. The smallest absolute Gasteiger partial charge is 0.270 e. The molecule has 1 N–H and O–H groups in total. The van der Waals surface area contributed by atoms with E-state index >= 15 is 0 Å². The molecule has 2 aromatic heterocycles. The number of hydroxylamine groups is 1. The van der Waals surface area contributed by atoms with E-state index in [0.29, 0.717) is 5.65 Å². The minimum Gasteiger partial charge on any atom is -0.270 e. The molecule has 0 aromatic carbocycles. The van der Waals surface area contributed by atoms with Crippen molar-refractivity contribution in [3.8, 4) is 0 Å². The highest BCUT2D eigenvalue weighted by Gasteiger charge is 2.19. The first-order chi connectivity index (χ1) is 9.75. The summed E-state index contributed by atoms with van der Waals surface area (Å²) in [5, 5.41) is 0. The number of fused-ring (bicyclic) bond motifs is 1. The van der Waals surface area contributed by atoms with Gasteiger partial charge in [0.05, 0.1) is 6.10 Å². The molecule has 0 atom stereocenters. The standard InChI is InChI=1S/C14H15N3O3/c18-13(16-20-10-5-1-2-6-10)11-9-15-12-7-3-4-8-17(12)14(11)19/h3-4,7-10H,1-2,5-6H2,(H,16,18). The molecule has 2 aromatic rings. The quantitative estimate of drug-likeness (QED) is 0.855. The fourth-order valence-corrected chi connectivity index (χ4v) is 2.38. The van der Waals surface area contributed by atoms with E-state index in [1.807, 2.05) is 0 Å². The average molecular weight is 273 g/mol. The minimum absolute atomic E-state index is 0.0216. The average Bonchev–Trinajstić information content (AvgIpc) is 2.99. The van der Waals surface area contributed by atoms with E-state index in [2.05, 4.69) is 10.5 Å². The van der Waals surface area contributed by atoms with Gasteiger partial charge in [-0.2, -0.15) is 0 Å². The molecule has 3 rings (SSSR count). The van der Waals surface area contributed by atoms with E-state index in [1.165, 1.54) is 10.6 Å². The van der Waals surface area contributed by atoms with Gasteiger partial charge in [0.15, 0.2) is 0 Å². The Hall–Kier alpha value is -2.21. The lowest BCUT2D eigenvalue weighted by molar-refractivity contribution is -0.0126. The maximum atomic E-state index is 12.2. The van der Waals surface area contributed by atoms with Gasteiger partial charge in [-0.3, -0.25) is 18.8 Å². The molecular weight excluding hydrogens is 258 g/mol. The molecule has 0 aliphatic heterocycles. The van der Waals surface area contributed by atoms with Crippen LogP contribution in [0.5, 0.6) is 0 Å². The number of carbonyl (C=O) groups is 1. The summed E-state index contributed by atoms with van der Waals surface area (Å²) >= 11 is 0. The molecule has 1 aliphatic carbocycles. The van der Waals surface area contributed by atoms with Gasteiger partial charge in [-0.05, 0) is 25.0 Å².